The number of nitrogens with one attached hydrogen (secondary N) is 1. The zero-order chi connectivity index (χ0) is 26.9. The van der Waals surface area contributed by atoms with Gasteiger partial charge >= 0.3 is 5.97 Å². The van der Waals surface area contributed by atoms with Gasteiger partial charge in [0.15, 0.2) is 5.13 Å². The fourth-order valence-electron chi connectivity index (χ4n) is 3.44. The third-order valence-electron chi connectivity index (χ3n) is 5.50. The van der Waals surface area contributed by atoms with Crippen LogP contribution in [-0.2, 0) is 16.0 Å². The minimum absolute atomic E-state index is 0.126. The molecule has 0 radical (unpaired) electrons. The van der Waals surface area contributed by atoms with E-state index in [2.05, 4.69) is 17.2 Å². The number of hydrogen-bond acceptors (Lipinski definition) is 5. The van der Waals surface area contributed by atoms with Crippen LogP contribution >= 0.6 is 11.3 Å². The van der Waals surface area contributed by atoms with Crippen molar-refractivity contribution in [1.82, 2.24) is 4.98 Å². The predicted octanol–water partition coefficient (Wildman–Crippen LogP) is 6.72. The summed E-state index contributed by atoms with van der Waals surface area (Å²) in [5, 5.41) is 13.1. The van der Waals surface area contributed by atoms with Gasteiger partial charge in [-0.25, -0.2) is 22.9 Å². The number of rotatable bonds is 12. The van der Waals surface area contributed by atoms with E-state index >= 15 is 4.39 Å². The Morgan fingerprint density at radius 1 is 1.14 bits per heavy atom. The molecule has 1 aromatic heterocycles. The second-order valence-corrected chi connectivity index (χ2v) is 9.18. The first-order chi connectivity index (χ1) is 17.7. The molecule has 0 aliphatic rings. The number of benzene rings is 2. The smallest absolute Gasteiger partial charge is 0.331 e. The lowest BCUT2D eigenvalue weighted by molar-refractivity contribution is -0.132. The molecule has 0 aliphatic heterocycles. The first-order valence-electron chi connectivity index (χ1n) is 11.7. The number of anilines is 1. The predicted molar refractivity (Wildman–Crippen MR) is 137 cm³/mol. The lowest BCUT2D eigenvalue weighted by Gasteiger charge is -2.08. The van der Waals surface area contributed by atoms with Gasteiger partial charge in [0.25, 0.3) is 5.91 Å². The first-order valence-corrected chi connectivity index (χ1v) is 12.6. The van der Waals surface area contributed by atoms with Crippen LogP contribution in [0.3, 0.4) is 0 Å². The fourth-order valence-corrected chi connectivity index (χ4v) is 4.15. The molecule has 2 aromatic carbocycles. The minimum atomic E-state index is -1.32. The molecule has 0 aliphatic carbocycles. The van der Waals surface area contributed by atoms with Crippen LogP contribution in [0.2, 0.25) is 0 Å². The molecule has 37 heavy (non-hydrogen) atoms. The van der Waals surface area contributed by atoms with Crippen LogP contribution in [0.1, 0.15) is 54.6 Å². The summed E-state index contributed by atoms with van der Waals surface area (Å²) in [5.74, 6) is -4.70. The Morgan fingerprint density at radius 3 is 2.51 bits per heavy atom. The molecule has 0 unspecified atom stereocenters. The number of nitrogens with zero attached hydrogens (tertiary/aromatic N) is 1. The summed E-state index contributed by atoms with van der Waals surface area (Å²) in [6, 6.07) is 6.65. The quantitative estimate of drug-likeness (QED) is 0.200. The Bertz CT molecular complexity index is 1280. The molecule has 6 nitrogen and oxygen atoms in total. The van der Waals surface area contributed by atoms with Crippen LogP contribution in [0.4, 0.5) is 18.3 Å². The van der Waals surface area contributed by atoms with Crippen LogP contribution in [0.25, 0.3) is 17.3 Å². The van der Waals surface area contributed by atoms with Crippen LogP contribution in [0, 0.1) is 17.5 Å². The van der Waals surface area contributed by atoms with Crippen molar-refractivity contribution in [2.45, 2.75) is 39.5 Å². The average Bonchev–Trinajstić information content (AvgIpc) is 3.32. The molecule has 1 heterocycles. The number of ether oxygens (including phenoxy) is 1. The minimum Gasteiger partial charge on any atom is -0.478 e. The monoisotopic (exact) mass is 532 g/mol. The Balaban J connectivity index is 1.70. The van der Waals surface area contributed by atoms with E-state index in [1.807, 2.05) is 0 Å². The van der Waals surface area contributed by atoms with Gasteiger partial charge in [0.2, 0.25) is 0 Å². The molecule has 0 spiro atoms. The molecule has 0 saturated heterocycles. The lowest BCUT2D eigenvalue weighted by atomic mass is 10.0. The van der Waals surface area contributed by atoms with Crippen LogP contribution in [0.15, 0.2) is 41.3 Å². The molecule has 1 amide bonds. The fraction of sp³-hybridized carbons (Fsp3) is 0.296. The zero-order valence-electron chi connectivity index (χ0n) is 20.4. The van der Waals surface area contributed by atoms with E-state index in [9.17, 15) is 18.4 Å². The maximum atomic E-state index is 15.1. The summed E-state index contributed by atoms with van der Waals surface area (Å²) in [6.45, 7) is 4.52. The normalized spacial score (nSPS) is 11.5. The van der Waals surface area contributed by atoms with E-state index in [4.69, 9.17) is 9.84 Å². The van der Waals surface area contributed by atoms with Gasteiger partial charge in [-0.2, -0.15) is 0 Å². The van der Waals surface area contributed by atoms with Gasteiger partial charge in [-0.3, -0.25) is 10.1 Å². The molecule has 0 bridgehead atoms. The molecule has 2 N–H and O–H groups in total. The van der Waals surface area contributed by atoms with Crippen molar-refractivity contribution in [3.63, 3.8) is 0 Å². The van der Waals surface area contributed by atoms with Gasteiger partial charge in [0.1, 0.15) is 17.5 Å². The maximum absolute atomic E-state index is 15.1. The Morgan fingerprint density at radius 2 is 1.84 bits per heavy atom. The number of halogens is 3. The van der Waals surface area contributed by atoms with Crippen molar-refractivity contribution in [3.8, 4) is 11.3 Å². The molecule has 196 valence electrons. The summed E-state index contributed by atoms with van der Waals surface area (Å²) in [7, 11) is 0. The molecule has 0 saturated carbocycles. The van der Waals surface area contributed by atoms with Crippen molar-refractivity contribution in [2.24, 2.45) is 0 Å². The molecular weight excluding hydrogens is 505 g/mol. The van der Waals surface area contributed by atoms with E-state index in [1.165, 1.54) is 6.92 Å². The molecule has 10 heteroatoms. The number of aryl methyl sites for hydroxylation is 1. The van der Waals surface area contributed by atoms with Crippen molar-refractivity contribution < 1.29 is 32.6 Å². The van der Waals surface area contributed by atoms with Crippen molar-refractivity contribution in [3.05, 3.63) is 75.4 Å². The summed E-state index contributed by atoms with van der Waals surface area (Å²) < 4.78 is 49.4. The standard InChI is InChI=1S/C27H27F3N2O4S/c1-3-4-10-36-11-6-8-17-7-5-9-19(24(17)30)23-15-37-27(31-23)32-25(33)18-13-21(28)20(22(29)14-18)12-16(2)26(34)35/h5,7,9,12-15H,3-4,6,8,10-11H2,1-2H3,(H,34,35)(H,31,32,33). The lowest BCUT2D eigenvalue weighted by Crippen LogP contribution is -2.13. The SMILES string of the molecule is CCCCOCCCc1cccc(-c2csc(NC(=O)c3cc(F)c(C=C(C)C(=O)O)c(F)c3)n2)c1F. The van der Waals surface area contributed by atoms with Gasteiger partial charge in [-0.05, 0) is 56.0 Å². The van der Waals surface area contributed by atoms with Crippen molar-refractivity contribution in [2.75, 3.05) is 18.5 Å². The Hall–Kier alpha value is -3.50. The largest absolute Gasteiger partial charge is 0.478 e. The topological polar surface area (TPSA) is 88.5 Å². The average molecular weight is 533 g/mol. The van der Waals surface area contributed by atoms with Gasteiger partial charge in [-0.1, -0.05) is 25.5 Å². The van der Waals surface area contributed by atoms with Gasteiger partial charge in [0, 0.05) is 40.9 Å². The number of aliphatic carboxylic acids is 1. The van der Waals surface area contributed by atoms with E-state index < -0.39 is 34.9 Å². The summed E-state index contributed by atoms with van der Waals surface area (Å²) in [5.41, 5.74) is 0.00131. The van der Waals surface area contributed by atoms with Crippen molar-refractivity contribution in [1.29, 1.82) is 0 Å². The Labute approximate surface area is 216 Å². The summed E-state index contributed by atoms with van der Waals surface area (Å²) in [4.78, 5) is 27.8. The zero-order valence-corrected chi connectivity index (χ0v) is 21.3. The van der Waals surface area contributed by atoms with Gasteiger partial charge in [0.05, 0.1) is 5.69 Å². The number of thiazole rings is 1. The third-order valence-corrected chi connectivity index (χ3v) is 6.25. The van der Waals surface area contributed by atoms with Gasteiger partial charge < -0.3 is 9.84 Å². The van der Waals surface area contributed by atoms with E-state index in [0.29, 0.717) is 37.3 Å². The highest BCUT2D eigenvalue weighted by Crippen LogP contribution is 2.29. The van der Waals surface area contributed by atoms with Crippen molar-refractivity contribution >= 4 is 34.4 Å². The number of carboxylic acid groups (broad SMARTS) is 1. The van der Waals surface area contributed by atoms with Gasteiger partial charge in [-0.15, -0.1) is 11.3 Å². The number of amides is 1. The molecule has 0 atom stereocenters. The maximum Gasteiger partial charge on any atom is 0.331 e. The second-order valence-electron chi connectivity index (χ2n) is 8.33. The number of carbonyl (C=O) groups excluding carboxylic acids is 1. The number of carboxylic acids is 1. The molecule has 3 rings (SSSR count). The van der Waals surface area contributed by atoms with Crippen LogP contribution < -0.4 is 5.32 Å². The second kappa shape index (κ2) is 13.2. The Kier molecular flexibility index (Phi) is 9.99. The number of aromatic nitrogens is 1. The number of unbranched alkanes of at least 4 members (excludes halogenated alkanes) is 1. The number of hydrogen-bond donors (Lipinski definition) is 2. The summed E-state index contributed by atoms with van der Waals surface area (Å²) in [6.07, 6.45) is 4.09. The molecule has 3 aromatic rings. The highest BCUT2D eigenvalue weighted by molar-refractivity contribution is 7.14. The third kappa shape index (κ3) is 7.50. The summed E-state index contributed by atoms with van der Waals surface area (Å²) >= 11 is 1.04. The van der Waals surface area contributed by atoms with Crippen LogP contribution in [0.5, 0.6) is 0 Å². The van der Waals surface area contributed by atoms with E-state index in [0.717, 1.165) is 42.4 Å². The van der Waals surface area contributed by atoms with Crippen LogP contribution in [-0.4, -0.2) is 35.2 Å². The highest BCUT2D eigenvalue weighted by Gasteiger charge is 2.18. The molecular formula is C27H27F3N2O4S. The van der Waals surface area contributed by atoms with E-state index in [1.54, 1.807) is 23.6 Å². The van der Waals surface area contributed by atoms with E-state index in [-0.39, 0.29) is 21.8 Å². The highest BCUT2D eigenvalue weighted by atomic mass is 32.1. The first kappa shape index (κ1) is 28.1. The molecule has 0 fully saturated rings. The number of carbonyl (C=O) groups is 2.